The van der Waals surface area contributed by atoms with Gasteiger partial charge in [0.15, 0.2) is 0 Å². The third-order valence-electron chi connectivity index (χ3n) is 3.55. The van der Waals surface area contributed by atoms with Crippen molar-refractivity contribution in [3.05, 3.63) is 64.8 Å². The Morgan fingerprint density at radius 2 is 1.68 bits per heavy atom. The molecule has 0 aliphatic heterocycles. The lowest BCUT2D eigenvalue weighted by Gasteiger charge is -2.00. The molecule has 2 aromatic carbocycles. The third-order valence-corrected chi connectivity index (χ3v) is 3.79. The van der Waals surface area contributed by atoms with E-state index in [2.05, 4.69) is 10.2 Å². The Bertz CT molecular complexity index is 983. The molecule has 0 spiro atoms. The van der Waals surface area contributed by atoms with E-state index in [0.29, 0.717) is 27.1 Å². The van der Waals surface area contributed by atoms with Crippen LogP contribution in [0.3, 0.4) is 0 Å². The van der Waals surface area contributed by atoms with Crippen LogP contribution >= 0.6 is 11.6 Å². The fourth-order valence-corrected chi connectivity index (χ4v) is 2.56. The second-order valence-electron chi connectivity index (χ2n) is 5.35. The average Bonchev–Trinajstić information content (AvgIpc) is 2.85. The monoisotopic (exact) mass is 355 g/mol. The van der Waals surface area contributed by atoms with Gasteiger partial charge < -0.3 is 10.2 Å². The minimum absolute atomic E-state index is 0.121. The second kappa shape index (κ2) is 6.78. The summed E-state index contributed by atoms with van der Waals surface area (Å²) in [6, 6.07) is 13.3. The maximum atomic E-state index is 12.0. The average molecular weight is 356 g/mol. The van der Waals surface area contributed by atoms with E-state index in [-0.39, 0.29) is 11.8 Å². The molecule has 126 valence electrons. The number of azo groups is 1. The number of halogens is 1. The number of allylic oxidation sites excluding steroid dienone is 1. The normalized spacial score (nSPS) is 12.2. The number of aromatic nitrogens is 1. The molecular formula is C18H14ClN3O3. The number of carbonyl (C=O) groups excluding carboxylic acids is 1. The molecule has 0 atom stereocenters. The Labute approximate surface area is 148 Å². The van der Waals surface area contributed by atoms with Gasteiger partial charge in [0.05, 0.1) is 5.70 Å². The van der Waals surface area contributed by atoms with Crippen molar-refractivity contribution in [1.82, 2.24) is 4.57 Å². The van der Waals surface area contributed by atoms with Gasteiger partial charge in [-0.15, -0.1) is 5.11 Å². The van der Waals surface area contributed by atoms with Crippen LogP contribution < -0.4 is 0 Å². The number of hydrogen-bond acceptors (Lipinski definition) is 4. The van der Waals surface area contributed by atoms with E-state index in [1.807, 2.05) is 0 Å². The predicted molar refractivity (Wildman–Crippen MR) is 95.9 cm³/mol. The fourth-order valence-electron chi connectivity index (χ4n) is 2.37. The largest absolute Gasteiger partial charge is 0.494 e. The van der Waals surface area contributed by atoms with Gasteiger partial charge >= 0.3 is 0 Å². The van der Waals surface area contributed by atoms with Crippen LogP contribution in [0.4, 0.5) is 0 Å². The van der Waals surface area contributed by atoms with Crippen molar-refractivity contribution in [1.29, 1.82) is 0 Å². The molecule has 1 aromatic heterocycles. The predicted octanol–water partition coefficient (Wildman–Crippen LogP) is 4.82. The SMILES string of the molecule is CC(=Cn1c(O)c2ccccc2c1O)N=NC(=O)c1cccc(Cl)c1. The number of carbonyl (C=O) groups is 1. The smallest absolute Gasteiger partial charge is 0.295 e. The van der Waals surface area contributed by atoms with Crippen LogP contribution in [-0.4, -0.2) is 20.7 Å². The zero-order chi connectivity index (χ0) is 18.0. The van der Waals surface area contributed by atoms with Crippen LogP contribution in [-0.2, 0) is 0 Å². The number of hydrogen-bond donors (Lipinski definition) is 2. The Balaban J connectivity index is 1.88. The number of aromatic hydroxyl groups is 2. The number of amides is 1. The standard InChI is InChI=1S/C18H14ClN3O3/c1-11(20-21-16(23)12-5-4-6-13(19)9-12)10-22-17(24)14-7-2-3-8-15(14)18(22)25/h2-10,24-25H,1H3. The van der Waals surface area contributed by atoms with E-state index >= 15 is 0 Å². The molecule has 0 saturated heterocycles. The molecular weight excluding hydrogens is 342 g/mol. The number of rotatable bonds is 3. The van der Waals surface area contributed by atoms with Crippen LogP contribution in [0.5, 0.6) is 11.8 Å². The molecule has 0 saturated carbocycles. The van der Waals surface area contributed by atoms with Crippen LogP contribution in [0, 0.1) is 0 Å². The Kier molecular flexibility index (Phi) is 4.54. The Morgan fingerprint density at radius 1 is 1.04 bits per heavy atom. The molecule has 6 nitrogen and oxygen atoms in total. The topological polar surface area (TPSA) is 87.2 Å². The van der Waals surface area contributed by atoms with E-state index in [0.717, 1.165) is 0 Å². The van der Waals surface area contributed by atoms with Crippen LogP contribution in [0.1, 0.15) is 17.3 Å². The minimum Gasteiger partial charge on any atom is -0.494 e. The Hall–Kier alpha value is -3.12. The van der Waals surface area contributed by atoms with E-state index in [1.165, 1.54) is 16.8 Å². The highest BCUT2D eigenvalue weighted by Crippen LogP contribution is 2.36. The molecule has 3 aromatic rings. The molecule has 3 rings (SSSR count). The quantitative estimate of drug-likeness (QED) is 0.660. The first-order valence-electron chi connectivity index (χ1n) is 7.38. The highest BCUT2D eigenvalue weighted by molar-refractivity contribution is 6.30. The third kappa shape index (κ3) is 3.39. The summed E-state index contributed by atoms with van der Waals surface area (Å²) >= 11 is 5.84. The zero-order valence-corrected chi connectivity index (χ0v) is 14.0. The summed E-state index contributed by atoms with van der Waals surface area (Å²) in [6.07, 6.45) is 1.39. The molecule has 1 heterocycles. The molecule has 0 aliphatic carbocycles. The number of benzene rings is 2. The van der Waals surface area contributed by atoms with E-state index in [4.69, 9.17) is 11.6 Å². The van der Waals surface area contributed by atoms with E-state index in [9.17, 15) is 15.0 Å². The molecule has 0 bridgehead atoms. The molecule has 0 radical (unpaired) electrons. The van der Waals surface area contributed by atoms with Crippen LogP contribution in [0.15, 0.2) is 64.5 Å². The summed E-state index contributed by atoms with van der Waals surface area (Å²) in [4.78, 5) is 12.0. The molecule has 0 aliphatic rings. The van der Waals surface area contributed by atoms with Gasteiger partial charge in [-0.25, -0.2) is 0 Å². The lowest BCUT2D eigenvalue weighted by atomic mass is 10.2. The summed E-state index contributed by atoms with van der Waals surface area (Å²) in [5, 5.41) is 29.3. The minimum atomic E-state index is -0.540. The van der Waals surface area contributed by atoms with Crippen LogP contribution in [0.25, 0.3) is 17.0 Å². The molecule has 1 amide bonds. The summed E-state index contributed by atoms with van der Waals surface area (Å²) in [5.41, 5.74) is 0.641. The number of fused-ring (bicyclic) bond motifs is 1. The van der Waals surface area contributed by atoms with Crippen molar-refractivity contribution < 1.29 is 15.0 Å². The van der Waals surface area contributed by atoms with Gasteiger partial charge in [-0.3, -0.25) is 9.36 Å². The second-order valence-corrected chi connectivity index (χ2v) is 5.79. The Morgan fingerprint density at radius 3 is 2.28 bits per heavy atom. The van der Waals surface area contributed by atoms with Crippen molar-refractivity contribution in [3.8, 4) is 11.8 Å². The highest BCUT2D eigenvalue weighted by atomic mass is 35.5. The van der Waals surface area contributed by atoms with Crippen molar-refractivity contribution in [2.75, 3.05) is 0 Å². The van der Waals surface area contributed by atoms with Crippen molar-refractivity contribution in [2.45, 2.75) is 6.92 Å². The molecule has 7 heteroatoms. The van der Waals surface area contributed by atoms with Gasteiger partial charge in [0.25, 0.3) is 5.91 Å². The molecule has 0 unspecified atom stereocenters. The summed E-state index contributed by atoms with van der Waals surface area (Å²) in [6.45, 7) is 1.60. The first-order valence-corrected chi connectivity index (χ1v) is 7.76. The number of nitrogens with zero attached hydrogens (tertiary/aromatic N) is 3. The van der Waals surface area contributed by atoms with Crippen LogP contribution in [0.2, 0.25) is 5.02 Å². The molecule has 25 heavy (non-hydrogen) atoms. The van der Waals surface area contributed by atoms with Crippen molar-refractivity contribution >= 4 is 34.5 Å². The lowest BCUT2D eigenvalue weighted by Crippen LogP contribution is -1.93. The van der Waals surface area contributed by atoms with E-state index in [1.54, 1.807) is 49.4 Å². The summed E-state index contributed by atoms with van der Waals surface area (Å²) in [5.74, 6) is -0.783. The van der Waals surface area contributed by atoms with Crippen molar-refractivity contribution in [3.63, 3.8) is 0 Å². The molecule has 0 fully saturated rings. The maximum Gasteiger partial charge on any atom is 0.295 e. The van der Waals surface area contributed by atoms with Gasteiger partial charge in [-0.1, -0.05) is 29.8 Å². The van der Waals surface area contributed by atoms with Gasteiger partial charge in [-0.05, 0) is 37.3 Å². The summed E-state index contributed by atoms with van der Waals surface area (Å²) < 4.78 is 1.18. The highest BCUT2D eigenvalue weighted by Gasteiger charge is 2.13. The first-order chi connectivity index (χ1) is 12.0. The van der Waals surface area contributed by atoms with Gasteiger partial charge in [0, 0.05) is 27.6 Å². The lowest BCUT2D eigenvalue weighted by molar-refractivity contribution is 0.0994. The van der Waals surface area contributed by atoms with Gasteiger partial charge in [0.2, 0.25) is 11.8 Å². The zero-order valence-electron chi connectivity index (χ0n) is 13.2. The first kappa shape index (κ1) is 16.7. The van der Waals surface area contributed by atoms with Gasteiger partial charge in [-0.2, -0.15) is 5.11 Å². The fraction of sp³-hybridized carbons (Fsp3) is 0.0556. The molecule has 2 N–H and O–H groups in total. The summed E-state index contributed by atoms with van der Waals surface area (Å²) in [7, 11) is 0. The maximum absolute atomic E-state index is 12.0. The van der Waals surface area contributed by atoms with Gasteiger partial charge in [0.1, 0.15) is 0 Å². The van der Waals surface area contributed by atoms with Crippen molar-refractivity contribution in [2.24, 2.45) is 10.2 Å². The van der Waals surface area contributed by atoms with E-state index < -0.39 is 5.91 Å².